The highest BCUT2D eigenvalue weighted by Gasteiger charge is 2.15. The van der Waals surface area contributed by atoms with E-state index in [0.717, 1.165) is 44.8 Å². The summed E-state index contributed by atoms with van der Waals surface area (Å²) >= 11 is 0. The van der Waals surface area contributed by atoms with Gasteiger partial charge in [-0.2, -0.15) is 5.10 Å². The summed E-state index contributed by atoms with van der Waals surface area (Å²) in [5.41, 5.74) is 4.83. The molecular formula is C20H20N4O. The Bertz CT molecular complexity index is 1050. The van der Waals surface area contributed by atoms with Gasteiger partial charge in [0.15, 0.2) is 5.65 Å². The van der Waals surface area contributed by atoms with Crippen LogP contribution in [0.15, 0.2) is 48.5 Å². The summed E-state index contributed by atoms with van der Waals surface area (Å²) in [5, 5.41) is 10.2. The number of pyridine rings is 1. The third kappa shape index (κ3) is 2.67. The molecular weight excluding hydrogens is 312 g/mol. The van der Waals surface area contributed by atoms with Gasteiger partial charge in [-0.05, 0) is 44.2 Å². The fraction of sp³-hybridized carbons (Fsp3) is 0.200. The molecule has 0 radical (unpaired) electrons. The van der Waals surface area contributed by atoms with E-state index in [1.54, 1.807) is 0 Å². The largest absolute Gasteiger partial charge is 0.494 e. The lowest BCUT2D eigenvalue weighted by Crippen LogP contribution is -1.97. The minimum absolute atomic E-state index is 0.664. The summed E-state index contributed by atoms with van der Waals surface area (Å²) in [6.45, 7) is 4.66. The van der Waals surface area contributed by atoms with Crippen molar-refractivity contribution in [2.24, 2.45) is 7.05 Å². The van der Waals surface area contributed by atoms with Crippen LogP contribution in [0.1, 0.15) is 12.6 Å². The number of hydrogen-bond acceptors (Lipinski definition) is 4. The molecule has 0 atom stereocenters. The van der Waals surface area contributed by atoms with Gasteiger partial charge in [-0.3, -0.25) is 4.68 Å². The van der Waals surface area contributed by atoms with E-state index >= 15 is 0 Å². The minimum atomic E-state index is 0.664. The summed E-state index contributed by atoms with van der Waals surface area (Å²) in [4.78, 5) is 4.78. The van der Waals surface area contributed by atoms with Gasteiger partial charge in [0.05, 0.1) is 28.9 Å². The van der Waals surface area contributed by atoms with Crippen LogP contribution >= 0.6 is 0 Å². The van der Waals surface area contributed by atoms with Gasteiger partial charge in [0.2, 0.25) is 0 Å². The number of anilines is 2. The summed E-state index contributed by atoms with van der Waals surface area (Å²) in [6, 6.07) is 16.2. The molecule has 4 rings (SSSR count). The van der Waals surface area contributed by atoms with E-state index in [2.05, 4.69) is 16.5 Å². The number of ether oxygens (including phenoxy) is 1. The van der Waals surface area contributed by atoms with E-state index in [0.29, 0.717) is 6.61 Å². The topological polar surface area (TPSA) is 52.0 Å². The maximum Gasteiger partial charge on any atom is 0.160 e. The maximum absolute atomic E-state index is 5.52. The monoisotopic (exact) mass is 332 g/mol. The van der Waals surface area contributed by atoms with Gasteiger partial charge in [0.1, 0.15) is 5.75 Å². The maximum atomic E-state index is 5.52. The Morgan fingerprint density at radius 2 is 1.84 bits per heavy atom. The van der Waals surface area contributed by atoms with Crippen LogP contribution in [-0.4, -0.2) is 21.4 Å². The third-order valence-electron chi connectivity index (χ3n) is 4.28. The molecule has 0 aliphatic heterocycles. The number of hydrogen-bond donors (Lipinski definition) is 1. The molecule has 5 heteroatoms. The number of para-hydroxylation sites is 1. The van der Waals surface area contributed by atoms with Crippen molar-refractivity contribution in [2.75, 3.05) is 11.9 Å². The van der Waals surface area contributed by atoms with E-state index in [1.165, 1.54) is 0 Å². The van der Waals surface area contributed by atoms with Crippen LogP contribution in [0.4, 0.5) is 11.4 Å². The lowest BCUT2D eigenvalue weighted by molar-refractivity contribution is 0.340. The Kier molecular flexibility index (Phi) is 3.76. The van der Waals surface area contributed by atoms with Crippen LogP contribution in [0, 0.1) is 6.92 Å². The summed E-state index contributed by atoms with van der Waals surface area (Å²) in [6.07, 6.45) is 0. The molecule has 5 nitrogen and oxygen atoms in total. The summed E-state index contributed by atoms with van der Waals surface area (Å²) in [5.74, 6) is 0.871. The van der Waals surface area contributed by atoms with E-state index in [1.807, 2.05) is 68.0 Å². The number of fused-ring (bicyclic) bond motifs is 2. The average molecular weight is 332 g/mol. The first-order chi connectivity index (χ1) is 12.2. The van der Waals surface area contributed by atoms with Gasteiger partial charge in [-0.25, -0.2) is 4.98 Å². The predicted octanol–water partition coefficient (Wildman–Crippen LogP) is 4.57. The molecule has 0 spiro atoms. The number of benzene rings is 2. The lowest BCUT2D eigenvalue weighted by atomic mass is 10.1. The van der Waals surface area contributed by atoms with Crippen molar-refractivity contribution in [3.63, 3.8) is 0 Å². The molecule has 2 aromatic carbocycles. The van der Waals surface area contributed by atoms with Gasteiger partial charge >= 0.3 is 0 Å². The zero-order chi connectivity index (χ0) is 17.4. The van der Waals surface area contributed by atoms with E-state index in [9.17, 15) is 0 Å². The zero-order valence-corrected chi connectivity index (χ0v) is 14.6. The second-order valence-electron chi connectivity index (χ2n) is 5.99. The third-order valence-corrected chi connectivity index (χ3v) is 4.28. The number of aryl methyl sites for hydroxylation is 2. The molecule has 2 aromatic heterocycles. The molecule has 0 unspecified atom stereocenters. The highest BCUT2D eigenvalue weighted by Crippen LogP contribution is 2.34. The van der Waals surface area contributed by atoms with E-state index in [4.69, 9.17) is 9.72 Å². The van der Waals surface area contributed by atoms with Crippen LogP contribution in [0.3, 0.4) is 0 Å². The normalized spacial score (nSPS) is 11.2. The average Bonchev–Trinajstić information content (AvgIpc) is 2.90. The molecule has 4 aromatic rings. The van der Waals surface area contributed by atoms with Crippen molar-refractivity contribution < 1.29 is 4.74 Å². The molecule has 0 saturated heterocycles. The summed E-state index contributed by atoms with van der Waals surface area (Å²) < 4.78 is 7.36. The fourth-order valence-electron chi connectivity index (χ4n) is 3.17. The van der Waals surface area contributed by atoms with Crippen molar-refractivity contribution in [2.45, 2.75) is 13.8 Å². The van der Waals surface area contributed by atoms with Gasteiger partial charge in [0, 0.05) is 18.1 Å². The van der Waals surface area contributed by atoms with Crippen LogP contribution in [-0.2, 0) is 7.05 Å². The second kappa shape index (κ2) is 6.09. The van der Waals surface area contributed by atoms with Gasteiger partial charge in [-0.15, -0.1) is 0 Å². The highest BCUT2D eigenvalue weighted by atomic mass is 16.5. The summed E-state index contributed by atoms with van der Waals surface area (Å²) in [7, 11) is 1.93. The molecule has 0 aliphatic carbocycles. The van der Waals surface area contributed by atoms with Crippen molar-refractivity contribution in [3.8, 4) is 5.75 Å². The Morgan fingerprint density at radius 3 is 2.60 bits per heavy atom. The Balaban J connectivity index is 1.88. The quantitative estimate of drug-likeness (QED) is 0.595. The Hall–Kier alpha value is -3.08. The van der Waals surface area contributed by atoms with Crippen molar-refractivity contribution in [1.82, 2.24) is 14.8 Å². The molecule has 0 bridgehead atoms. The van der Waals surface area contributed by atoms with Crippen molar-refractivity contribution in [1.29, 1.82) is 0 Å². The van der Waals surface area contributed by atoms with E-state index < -0.39 is 0 Å². The van der Waals surface area contributed by atoms with Crippen molar-refractivity contribution in [3.05, 3.63) is 54.2 Å². The van der Waals surface area contributed by atoms with Crippen LogP contribution < -0.4 is 10.1 Å². The first-order valence-electron chi connectivity index (χ1n) is 8.39. The van der Waals surface area contributed by atoms with E-state index in [-0.39, 0.29) is 0 Å². The first kappa shape index (κ1) is 15.4. The fourth-order valence-corrected chi connectivity index (χ4v) is 3.17. The van der Waals surface area contributed by atoms with Gasteiger partial charge in [0.25, 0.3) is 0 Å². The SMILES string of the molecule is CCOc1ccc(Nc2c3ccccc3nc3c2c(C)nn3C)cc1. The number of rotatable bonds is 4. The minimum Gasteiger partial charge on any atom is -0.494 e. The highest BCUT2D eigenvalue weighted by molar-refractivity contribution is 6.08. The zero-order valence-electron chi connectivity index (χ0n) is 14.6. The van der Waals surface area contributed by atoms with Crippen LogP contribution in [0.2, 0.25) is 0 Å². The second-order valence-corrected chi connectivity index (χ2v) is 5.99. The molecule has 126 valence electrons. The van der Waals surface area contributed by atoms with Gasteiger partial charge in [-0.1, -0.05) is 18.2 Å². The Morgan fingerprint density at radius 1 is 1.08 bits per heavy atom. The molecule has 0 fully saturated rings. The lowest BCUT2D eigenvalue weighted by Gasteiger charge is -2.12. The smallest absolute Gasteiger partial charge is 0.160 e. The predicted molar refractivity (Wildman–Crippen MR) is 102 cm³/mol. The van der Waals surface area contributed by atoms with Crippen LogP contribution in [0.5, 0.6) is 5.75 Å². The van der Waals surface area contributed by atoms with Gasteiger partial charge < -0.3 is 10.1 Å². The molecule has 0 aliphatic rings. The number of nitrogens with one attached hydrogen (secondary N) is 1. The molecule has 25 heavy (non-hydrogen) atoms. The standard InChI is InChI=1S/C20H20N4O/c1-4-25-15-11-9-14(10-12-15)21-19-16-7-5-6-8-17(16)22-20-18(19)13(2)23-24(20)3/h5-12H,4H2,1-3H3,(H,21,22). The van der Waals surface area contributed by atoms with Crippen LogP contribution in [0.25, 0.3) is 21.9 Å². The molecule has 0 saturated carbocycles. The molecule has 2 heterocycles. The first-order valence-corrected chi connectivity index (χ1v) is 8.39. The number of nitrogens with zero attached hydrogens (tertiary/aromatic N) is 3. The van der Waals surface area contributed by atoms with Crippen molar-refractivity contribution >= 4 is 33.3 Å². The molecule has 1 N–H and O–H groups in total. The Labute approximate surface area is 146 Å². The number of aromatic nitrogens is 3. The molecule has 0 amide bonds.